The molecule has 0 spiro atoms. The maximum absolute atomic E-state index is 12.1. The molecule has 2 rings (SSSR count). The van der Waals surface area contributed by atoms with E-state index in [9.17, 15) is 8.42 Å². The van der Waals surface area contributed by atoms with Gasteiger partial charge < -0.3 is 5.73 Å². The Morgan fingerprint density at radius 2 is 2.24 bits per heavy atom. The number of nitrogens with two attached hydrogens (primary N) is 1. The fourth-order valence-corrected chi connectivity index (χ4v) is 4.92. The van der Waals surface area contributed by atoms with Gasteiger partial charge in [0.1, 0.15) is 4.90 Å². The molecule has 1 fully saturated rings. The monoisotopic (exact) mass is 292 g/mol. The van der Waals surface area contributed by atoms with Crippen molar-refractivity contribution >= 4 is 39.1 Å². The zero-order chi connectivity index (χ0) is 12.5. The number of halogens is 1. The molecule has 1 atom stereocenters. The van der Waals surface area contributed by atoms with Crippen LogP contribution in [0.1, 0.15) is 6.42 Å². The zero-order valence-corrected chi connectivity index (χ0v) is 11.4. The third-order valence-electron chi connectivity index (χ3n) is 2.52. The van der Waals surface area contributed by atoms with Crippen LogP contribution in [0.3, 0.4) is 0 Å². The summed E-state index contributed by atoms with van der Waals surface area (Å²) >= 11 is 7.63. The van der Waals surface area contributed by atoms with Gasteiger partial charge in [0, 0.05) is 11.8 Å². The highest BCUT2D eigenvalue weighted by Crippen LogP contribution is 2.28. The van der Waals surface area contributed by atoms with Gasteiger partial charge in [0.15, 0.2) is 0 Å². The Labute approximate surface area is 110 Å². The number of hydrogen-bond acceptors (Lipinski definition) is 4. The minimum atomic E-state index is -3.63. The molecule has 1 aliphatic heterocycles. The van der Waals surface area contributed by atoms with Gasteiger partial charge >= 0.3 is 0 Å². The molecule has 7 heteroatoms. The summed E-state index contributed by atoms with van der Waals surface area (Å²) < 4.78 is 26.9. The average Bonchev–Trinajstić information content (AvgIpc) is 2.68. The molecule has 0 aliphatic carbocycles. The Kier molecular flexibility index (Phi) is 3.87. The van der Waals surface area contributed by atoms with Gasteiger partial charge in [0.05, 0.1) is 10.7 Å². The summed E-state index contributed by atoms with van der Waals surface area (Å²) in [7, 11) is -3.63. The van der Waals surface area contributed by atoms with Crippen molar-refractivity contribution < 1.29 is 8.42 Å². The Morgan fingerprint density at radius 3 is 2.82 bits per heavy atom. The molecule has 1 unspecified atom stereocenters. The van der Waals surface area contributed by atoms with Crippen molar-refractivity contribution in [1.29, 1.82) is 0 Å². The number of nitrogen functional groups attached to an aromatic ring is 1. The summed E-state index contributed by atoms with van der Waals surface area (Å²) in [4.78, 5) is -0.0152. The molecule has 3 N–H and O–H groups in total. The second kappa shape index (κ2) is 5.06. The summed E-state index contributed by atoms with van der Waals surface area (Å²) in [6.07, 6.45) is 0.842. The summed E-state index contributed by atoms with van der Waals surface area (Å²) in [5.41, 5.74) is 5.85. The lowest BCUT2D eigenvalue weighted by Gasteiger charge is -2.14. The highest BCUT2D eigenvalue weighted by atomic mass is 35.5. The molecule has 0 saturated carbocycles. The van der Waals surface area contributed by atoms with Gasteiger partial charge in [-0.15, -0.1) is 0 Å². The van der Waals surface area contributed by atoms with E-state index >= 15 is 0 Å². The number of benzene rings is 1. The van der Waals surface area contributed by atoms with E-state index in [0.29, 0.717) is 0 Å². The summed E-state index contributed by atoms with van der Waals surface area (Å²) in [5.74, 6) is 1.77. The minimum Gasteiger partial charge on any atom is -0.398 e. The molecule has 0 aromatic heterocycles. The molecule has 1 aliphatic rings. The molecule has 1 aromatic rings. The van der Waals surface area contributed by atoms with Crippen LogP contribution >= 0.6 is 23.4 Å². The summed E-state index contributed by atoms with van der Waals surface area (Å²) in [5, 5.41) is 0.156. The lowest BCUT2D eigenvalue weighted by atomic mass is 10.3. The van der Waals surface area contributed by atoms with Gasteiger partial charge in [0.25, 0.3) is 0 Å². The number of rotatable bonds is 3. The first-order chi connectivity index (χ1) is 8.00. The fraction of sp³-hybridized carbons (Fsp3) is 0.400. The molecule has 1 aromatic carbocycles. The summed E-state index contributed by atoms with van der Waals surface area (Å²) in [6, 6.07) is 4.66. The van der Waals surface area contributed by atoms with E-state index in [0.717, 1.165) is 17.9 Å². The van der Waals surface area contributed by atoms with Gasteiger partial charge in [0.2, 0.25) is 10.0 Å². The molecule has 17 heavy (non-hydrogen) atoms. The van der Waals surface area contributed by atoms with E-state index in [1.165, 1.54) is 12.1 Å². The van der Waals surface area contributed by atoms with Crippen LogP contribution < -0.4 is 10.5 Å². The molecule has 94 valence electrons. The molecule has 4 nitrogen and oxygen atoms in total. The largest absolute Gasteiger partial charge is 0.398 e. The van der Waals surface area contributed by atoms with E-state index in [4.69, 9.17) is 17.3 Å². The third kappa shape index (κ3) is 2.88. The molecule has 0 radical (unpaired) electrons. The van der Waals surface area contributed by atoms with Crippen molar-refractivity contribution in [2.45, 2.75) is 17.4 Å². The van der Waals surface area contributed by atoms with Crippen molar-refractivity contribution in [2.24, 2.45) is 0 Å². The minimum absolute atomic E-state index is 0.0152. The second-order valence-corrected chi connectivity index (χ2v) is 7.05. The Balaban J connectivity index is 2.31. The van der Waals surface area contributed by atoms with Crippen molar-refractivity contribution in [3.05, 3.63) is 23.2 Å². The van der Waals surface area contributed by atoms with Gasteiger partial charge in [-0.25, -0.2) is 13.1 Å². The van der Waals surface area contributed by atoms with Crippen molar-refractivity contribution in [3.8, 4) is 0 Å². The molecular weight excluding hydrogens is 280 g/mol. The quantitative estimate of drug-likeness (QED) is 0.832. The first-order valence-electron chi connectivity index (χ1n) is 5.15. The normalized spacial score (nSPS) is 20.6. The SMILES string of the molecule is Nc1cccc(Cl)c1S(=O)(=O)NC1CCSC1. The van der Waals surface area contributed by atoms with Crippen molar-refractivity contribution in [1.82, 2.24) is 4.72 Å². The highest BCUT2D eigenvalue weighted by molar-refractivity contribution is 7.99. The highest BCUT2D eigenvalue weighted by Gasteiger charge is 2.26. The van der Waals surface area contributed by atoms with Crippen LogP contribution in [0.4, 0.5) is 5.69 Å². The predicted molar refractivity (Wildman–Crippen MR) is 71.9 cm³/mol. The van der Waals surface area contributed by atoms with E-state index in [2.05, 4.69) is 4.72 Å². The molecule has 0 bridgehead atoms. The van der Waals surface area contributed by atoms with Crippen molar-refractivity contribution in [2.75, 3.05) is 17.2 Å². The standard InChI is InChI=1S/C10H13ClN2O2S2/c11-8-2-1-3-9(12)10(8)17(14,15)13-7-4-5-16-6-7/h1-3,7,13H,4-6,12H2. The maximum atomic E-state index is 12.1. The number of hydrogen-bond donors (Lipinski definition) is 2. The van der Waals surface area contributed by atoms with Crippen molar-refractivity contribution in [3.63, 3.8) is 0 Å². The predicted octanol–water partition coefficient (Wildman–Crippen LogP) is 1.71. The first kappa shape index (κ1) is 13.0. The fourth-order valence-electron chi connectivity index (χ4n) is 1.71. The van der Waals surface area contributed by atoms with Gasteiger partial charge in [-0.3, -0.25) is 0 Å². The Hall–Kier alpha value is -0.430. The van der Waals surface area contributed by atoms with E-state index < -0.39 is 10.0 Å². The van der Waals surface area contributed by atoms with Gasteiger partial charge in [-0.1, -0.05) is 17.7 Å². The Bertz CT molecular complexity index is 493. The van der Waals surface area contributed by atoms with E-state index in [-0.39, 0.29) is 21.6 Å². The van der Waals surface area contributed by atoms with Crippen LogP contribution in [-0.2, 0) is 10.0 Å². The number of thioether (sulfide) groups is 1. The first-order valence-corrected chi connectivity index (χ1v) is 8.16. The second-order valence-electron chi connectivity index (χ2n) is 3.84. The van der Waals surface area contributed by atoms with Crippen LogP contribution in [0, 0.1) is 0 Å². The van der Waals surface area contributed by atoms with Crippen LogP contribution in [0.5, 0.6) is 0 Å². The zero-order valence-electron chi connectivity index (χ0n) is 9.02. The van der Waals surface area contributed by atoms with E-state index in [1.54, 1.807) is 17.8 Å². The smallest absolute Gasteiger partial charge is 0.244 e. The molecular formula is C10H13ClN2O2S2. The maximum Gasteiger partial charge on any atom is 0.244 e. The van der Waals surface area contributed by atoms with Crippen LogP contribution in [0.25, 0.3) is 0 Å². The van der Waals surface area contributed by atoms with Crippen LogP contribution in [0.2, 0.25) is 5.02 Å². The van der Waals surface area contributed by atoms with Crippen LogP contribution in [-0.4, -0.2) is 26.0 Å². The Morgan fingerprint density at radius 1 is 1.47 bits per heavy atom. The molecule has 0 amide bonds. The summed E-state index contributed by atoms with van der Waals surface area (Å²) in [6.45, 7) is 0. The molecule has 1 saturated heterocycles. The lowest BCUT2D eigenvalue weighted by Crippen LogP contribution is -2.35. The van der Waals surface area contributed by atoms with Gasteiger partial charge in [-0.05, 0) is 24.3 Å². The third-order valence-corrected chi connectivity index (χ3v) is 5.74. The average molecular weight is 293 g/mol. The number of nitrogens with one attached hydrogen (secondary N) is 1. The number of anilines is 1. The van der Waals surface area contributed by atoms with E-state index in [1.807, 2.05) is 0 Å². The topological polar surface area (TPSA) is 72.2 Å². The lowest BCUT2D eigenvalue weighted by molar-refractivity contribution is 0.563. The number of sulfonamides is 1. The van der Waals surface area contributed by atoms with Crippen LogP contribution in [0.15, 0.2) is 23.1 Å². The molecule has 1 heterocycles. The van der Waals surface area contributed by atoms with Gasteiger partial charge in [-0.2, -0.15) is 11.8 Å².